The molecule has 3 rings (SSSR count). The van der Waals surface area contributed by atoms with E-state index in [9.17, 15) is 14.4 Å². The molecule has 3 amide bonds. The summed E-state index contributed by atoms with van der Waals surface area (Å²) in [6.45, 7) is 2.07. The molecule has 0 atom stereocenters. The second kappa shape index (κ2) is 6.86. The quantitative estimate of drug-likeness (QED) is 0.745. The van der Waals surface area contributed by atoms with Gasteiger partial charge in [0.05, 0.1) is 11.7 Å². The van der Waals surface area contributed by atoms with Gasteiger partial charge in [-0.1, -0.05) is 30.3 Å². The normalized spacial score (nSPS) is 10.8. The summed E-state index contributed by atoms with van der Waals surface area (Å²) < 4.78 is 1.38. The van der Waals surface area contributed by atoms with Crippen LogP contribution in [0.1, 0.15) is 11.3 Å². The van der Waals surface area contributed by atoms with E-state index >= 15 is 0 Å². The maximum Gasteiger partial charge on any atom is 0.318 e. The van der Waals surface area contributed by atoms with E-state index in [2.05, 4.69) is 4.98 Å². The van der Waals surface area contributed by atoms with E-state index in [0.717, 1.165) is 16.0 Å². The molecule has 0 aliphatic heterocycles. The van der Waals surface area contributed by atoms with Crippen LogP contribution in [-0.2, 0) is 11.3 Å². The second-order valence-electron chi connectivity index (χ2n) is 5.48. The van der Waals surface area contributed by atoms with Crippen molar-refractivity contribution >= 4 is 33.5 Å². The molecule has 0 saturated heterocycles. The summed E-state index contributed by atoms with van der Waals surface area (Å²) in [5, 5.41) is 2.52. The molecule has 8 heteroatoms. The smallest absolute Gasteiger partial charge is 0.318 e. The summed E-state index contributed by atoms with van der Waals surface area (Å²) in [5.41, 5.74) is 6.52. The van der Waals surface area contributed by atoms with Crippen LogP contribution in [0.2, 0.25) is 0 Å². The zero-order valence-corrected chi connectivity index (χ0v) is 14.3. The number of hydrogen-bond donors (Lipinski definition) is 2. The zero-order chi connectivity index (χ0) is 18.0. The van der Waals surface area contributed by atoms with Crippen molar-refractivity contribution in [2.24, 2.45) is 5.73 Å². The number of benzene rings is 1. The topological polar surface area (TPSA) is 107 Å². The fraction of sp³-hybridized carbons (Fsp3) is 0.176. The van der Waals surface area contributed by atoms with E-state index in [4.69, 9.17) is 5.73 Å². The van der Waals surface area contributed by atoms with Gasteiger partial charge in [-0.2, -0.15) is 0 Å². The maximum atomic E-state index is 12.9. The van der Waals surface area contributed by atoms with Crippen molar-refractivity contribution in [1.29, 1.82) is 0 Å². The summed E-state index contributed by atoms with van der Waals surface area (Å²) in [6.07, 6.45) is 1.38. The number of hydrogen-bond acceptors (Lipinski definition) is 5. The van der Waals surface area contributed by atoms with Gasteiger partial charge >= 0.3 is 6.03 Å². The number of aryl methyl sites for hydroxylation is 2. The number of imide groups is 1. The second-order valence-corrected chi connectivity index (χ2v) is 6.69. The summed E-state index contributed by atoms with van der Waals surface area (Å²) in [4.78, 5) is 41.1. The molecule has 3 aromatic rings. The number of aromatic nitrogens is 2. The minimum absolute atomic E-state index is 0.0418. The fourth-order valence-electron chi connectivity index (χ4n) is 2.67. The number of amides is 3. The first-order valence-electron chi connectivity index (χ1n) is 7.60. The number of nitrogens with zero attached hydrogens (tertiary/aromatic N) is 2. The van der Waals surface area contributed by atoms with Gasteiger partial charge in [-0.3, -0.25) is 19.5 Å². The van der Waals surface area contributed by atoms with Crippen LogP contribution < -0.4 is 16.6 Å². The lowest BCUT2D eigenvalue weighted by Crippen LogP contribution is -2.36. The summed E-state index contributed by atoms with van der Waals surface area (Å²) in [5.74, 6) is -0.538. The molecule has 0 saturated carbocycles. The molecule has 0 aliphatic carbocycles. The average molecular weight is 356 g/mol. The summed E-state index contributed by atoms with van der Waals surface area (Å²) >= 11 is 1.46. The van der Waals surface area contributed by atoms with Gasteiger partial charge in [0.1, 0.15) is 4.83 Å². The Morgan fingerprint density at radius 3 is 2.68 bits per heavy atom. The Hall–Kier alpha value is -3.00. The molecule has 0 bridgehead atoms. The molecule has 0 radical (unpaired) electrons. The van der Waals surface area contributed by atoms with Crippen LogP contribution in [0.4, 0.5) is 4.79 Å². The number of fused-ring (bicyclic) bond motifs is 1. The predicted molar refractivity (Wildman–Crippen MR) is 96.4 cm³/mol. The molecule has 0 aliphatic rings. The first-order chi connectivity index (χ1) is 12.0. The van der Waals surface area contributed by atoms with Crippen LogP contribution in [0.5, 0.6) is 0 Å². The van der Waals surface area contributed by atoms with E-state index in [1.165, 1.54) is 22.2 Å². The van der Waals surface area contributed by atoms with E-state index in [1.807, 2.05) is 42.6 Å². The number of nitrogens with one attached hydrogen (secondary N) is 1. The Kier molecular flexibility index (Phi) is 4.62. The molecule has 2 aromatic heterocycles. The third-order valence-corrected chi connectivity index (χ3v) is 4.77. The Bertz CT molecular complexity index is 1010. The number of primary amides is 1. The van der Waals surface area contributed by atoms with Gasteiger partial charge < -0.3 is 5.73 Å². The van der Waals surface area contributed by atoms with Gasteiger partial charge in [-0.25, -0.2) is 9.78 Å². The third-order valence-electron chi connectivity index (χ3n) is 3.76. The monoisotopic (exact) mass is 356 g/mol. The summed E-state index contributed by atoms with van der Waals surface area (Å²) in [6, 6.07) is 8.74. The summed E-state index contributed by atoms with van der Waals surface area (Å²) in [7, 11) is 0. The van der Waals surface area contributed by atoms with Crippen molar-refractivity contribution in [2.75, 3.05) is 0 Å². The van der Waals surface area contributed by atoms with E-state index in [0.29, 0.717) is 10.2 Å². The number of thiophene rings is 1. The van der Waals surface area contributed by atoms with Crippen LogP contribution >= 0.6 is 11.3 Å². The Morgan fingerprint density at radius 2 is 2.00 bits per heavy atom. The Labute approximate surface area is 147 Å². The molecule has 3 N–H and O–H groups in total. The van der Waals surface area contributed by atoms with Crippen LogP contribution in [0.3, 0.4) is 0 Å². The minimum Gasteiger partial charge on any atom is -0.351 e. The highest BCUT2D eigenvalue weighted by atomic mass is 32.1. The molecule has 0 unspecified atom stereocenters. The van der Waals surface area contributed by atoms with E-state index in [1.54, 1.807) is 0 Å². The zero-order valence-electron chi connectivity index (χ0n) is 13.5. The SMILES string of the molecule is Cc1sc2ncn(CCC(=O)NC(N)=O)c(=O)c2c1-c1ccccc1. The van der Waals surface area contributed by atoms with Crippen molar-refractivity contribution in [3.8, 4) is 11.1 Å². The van der Waals surface area contributed by atoms with Crippen molar-refractivity contribution in [2.45, 2.75) is 19.9 Å². The number of rotatable bonds is 4. The van der Waals surface area contributed by atoms with Gasteiger partial charge in [0.25, 0.3) is 5.56 Å². The van der Waals surface area contributed by atoms with Crippen molar-refractivity contribution in [3.63, 3.8) is 0 Å². The third kappa shape index (κ3) is 3.43. The fourth-order valence-corrected chi connectivity index (χ4v) is 3.67. The molecular formula is C17H16N4O3S. The lowest BCUT2D eigenvalue weighted by molar-refractivity contribution is -0.120. The predicted octanol–water partition coefficient (Wildman–Crippen LogP) is 2.02. The molecule has 1 aromatic carbocycles. The highest BCUT2D eigenvalue weighted by Crippen LogP contribution is 2.35. The van der Waals surface area contributed by atoms with Crippen molar-refractivity contribution in [1.82, 2.24) is 14.9 Å². The molecule has 128 valence electrons. The number of urea groups is 1. The van der Waals surface area contributed by atoms with Crippen LogP contribution in [0.15, 0.2) is 41.5 Å². The number of nitrogens with two attached hydrogens (primary N) is 1. The van der Waals surface area contributed by atoms with Crippen LogP contribution in [0.25, 0.3) is 21.3 Å². The van der Waals surface area contributed by atoms with Crippen molar-refractivity contribution in [3.05, 3.63) is 51.9 Å². The van der Waals surface area contributed by atoms with Crippen molar-refractivity contribution < 1.29 is 9.59 Å². The van der Waals surface area contributed by atoms with Gasteiger partial charge in [0, 0.05) is 23.4 Å². The average Bonchev–Trinajstić information content (AvgIpc) is 2.91. The molecule has 0 spiro atoms. The van der Waals surface area contributed by atoms with Gasteiger partial charge in [-0.05, 0) is 12.5 Å². The molecular weight excluding hydrogens is 340 g/mol. The van der Waals surface area contributed by atoms with E-state index < -0.39 is 11.9 Å². The Balaban J connectivity index is 2.01. The van der Waals surface area contributed by atoms with Crippen LogP contribution in [0, 0.1) is 6.92 Å². The minimum atomic E-state index is -0.911. The molecule has 2 heterocycles. The standard InChI is InChI=1S/C17H16N4O3S/c1-10-13(11-5-3-2-4-6-11)14-15(25-10)19-9-21(16(14)23)8-7-12(22)20-17(18)24/h2-6,9H,7-8H2,1H3,(H3,18,20,22,24). The highest BCUT2D eigenvalue weighted by molar-refractivity contribution is 7.19. The van der Waals surface area contributed by atoms with Crippen LogP contribution in [-0.4, -0.2) is 21.5 Å². The molecule has 25 heavy (non-hydrogen) atoms. The maximum absolute atomic E-state index is 12.9. The van der Waals surface area contributed by atoms with E-state index in [-0.39, 0.29) is 18.5 Å². The largest absolute Gasteiger partial charge is 0.351 e. The molecule has 7 nitrogen and oxygen atoms in total. The lowest BCUT2D eigenvalue weighted by atomic mass is 10.0. The number of carbonyl (C=O) groups excluding carboxylic acids is 2. The van der Waals surface area contributed by atoms with Gasteiger partial charge in [0.15, 0.2) is 0 Å². The number of carbonyl (C=O) groups is 2. The van der Waals surface area contributed by atoms with Gasteiger partial charge in [0.2, 0.25) is 5.91 Å². The molecule has 0 fully saturated rings. The lowest BCUT2D eigenvalue weighted by Gasteiger charge is -2.06. The highest BCUT2D eigenvalue weighted by Gasteiger charge is 2.17. The first-order valence-corrected chi connectivity index (χ1v) is 8.42. The first kappa shape index (κ1) is 16.8. The van der Waals surface area contributed by atoms with Gasteiger partial charge in [-0.15, -0.1) is 11.3 Å². The Morgan fingerprint density at radius 1 is 1.28 bits per heavy atom.